The van der Waals surface area contributed by atoms with Crippen molar-refractivity contribution in [3.63, 3.8) is 0 Å². The Labute approximate surface area is 151 Å². The lowest BCUT2D eigenvalue weighted by Gasteiger charge is -2.10. The van der Waals surface area contributed by atoms with E-state index in [-0.39, 0.29) is 5.56 Å². The zero-order chi connectivity index (χ0) is 18.4. The normalized spacial score (nSPS) is 13.0. The summed E-state index contributed by atoms with van der Waals surface area (Å²) in [6, 6.07) is 10.7. The van der Waals surface area contributed by atoms with Crippen LogP contribution in [0.2, 0.25) is 0 Å². The molecule has 4 rings (SSSR count). The lowest BCUT2D eigenvalue weighted by atomic mass is 9.94. The van der Waals surface area contributed by atoms with E-state index in [0.29, 0.717) is 39.1 Å². The summed E-state index contributed by atoms with van der Waals surface area (Å²) in [5.74, 6) is -2.49. The van der Waals surface area contributed by atoms with Gasteiger partial charge in [-0.25, -0.2) is 8.78 Å². The molecular weight excluding hydrogens is 356 g/mol. The molecule has 6 heteroatoms. The van der Waals surface area contributed by atoms with Gasteiger partial charge in [0.15, 0.2) is 23.1 Å². The number of hydrogen-bond acceptors (Lipinski definition) is 4. The first-order valence-electron chi connectivity index (χ1n) is 7.72. The van der Waals surface area contributed by atoms with Crippen LogP contribution in [0.3, 0.4) is 0 Å². The Kier molecular flexibility index (Phi) is 3.74. The van der Waals surface area contributed by atoms with Crippen LogP contribution in [0, 0.1) is 23.0 Å². The molecule has 128 valence electrons. The molecule has 1 heterocycles. The van der Waals surface area contributed by atoms with Crippen LogP contribution < -0.4 is 0 Å². The summed E-state index contributed by atoms with van der Waals surface area (Å²) in [5.41, 5.74) is 3.01. The SMILES string of the molecule is N#Cc1sccc1C1=C(c2ccc(O)c(F)c2)Cc2ccc(O)c(F)c21. The van der Waals surface area contributed by atoms with Gasteiger partial charge in [-0.2, -0.15) is 5.26 Å². The van der Waals surface area contributed by atoms with Gasteiger partial charge in [0.1, 0.15) is 10.9 Å². The van der Waals surface area contributed by atoms with Crippen LogP contribution in [0.25, 0.3) is 11.1 Å². The Balaban J connectivity index is 2.05. The Hall–Kier alpha value is -3.17. The van der Waals surface area contributed by atoms with Gasteiger partial charge in [0.25, 0.3) is 0 Å². The number of hydrogen-bond donors (Lipinski definition) is 2. The van der Waals surface area contributed by atoms with Crippen molar-refractivity contribution < 1.29 is 19.0 Å². The van der Waals surface area contributed by atoms with E-state index in [2.05, 4.69) is 6.07 Å². The van der Waals surface area contributed by atoms with E-state index < -0.39 is 23.1 Å². The largest absolute Gasteiger partial charge is 0.505 e. The summed E-state index contributed by atoms with van der Waals surface area (Å²) in [5, 5.41) is 30.4. The smallest absolute Gasteiger partial charge is 0.172 e. The van der Waals surface area contributed by atoms with Gasteiger partial charge < -0.3 is 10.2 Å². The molecule has 0 atom stereocenters. The van der Waals surface area contributed by atoms with Crippen LogP contribution in [-0.4, -0.2) is 10.2 Å². The molecule has 3 nitrogen and oxygen atoms in total. The van der Waals surface area contributed by atoms with Crippen molar-refractivity contribution in [1.29, 1.82) is 5.26 Å². The molecule has 0 saturated heterocycles. The number of benzene rings is 2. The molecule has 0 amide bonds. The van der Waals surface area contributed by atoms with Crippen LogP contribution in [0.4, 0.5) is 8.78 Å². The first-order chi connectivity index (χ1) is 12.5. The lowest BCUT2D eigenvalue weighted by molar-refractivity contribution is 0.431. The maximum atomic E-state index is 14.7. The van der Waals surface area contributed by atoms with Gasteiger partial charge in [-0.1, -0.05) is 12.1 Å². The van der Waals surface area contributed by atoms with Crippen molar-refractivity contribution >= 4 is 22.5 Å². The molecule has 2 aromatic carbocycles. The number of nitriles is 1. The summed E-state index contributed by atoms with van der Waals surface area (Å²) >= 11 is 1.23. The standard InChI is InChI=1S/C20H11F2NO2S/c21-14-8-10(1-3-15(14)24)13-7-11-2-4-16(25)20(22)18(11)19(13)12-5-6-26-17(12)9-23/h1-6,8,24-25H,7H2. The zero-order valence-corrected chi connectivity index (χ0v) is 14.1. The molecule has 0 spiro atoms. The van der Waals surface area contributed by atoms with Crippen molar-refractivity contribution in [2.24, 2.45) is 0 Å². The minimum atomic E-state index is -0.778. The number of aromatic hydroxyl groups is 2. The minimum absolute atomic E-state index is 0.225. The third-order valence-corrected chi connectivity index (χ3v) is 5.28. The first kappa shape index (κ1) is 16.3. The number of phenols is 2. The van der Waals surface area contributed by atoms with E-state index in [9.17, 15) is 24.3 Å². The predicted octanol–water partition coefficient (Wildman–Crippen LogP) is 4.82. The Bertz CT molecular complexity index is 1130. The van der Waals surface area contributed by atoms with E-state index >= 15 is 0 Å². The van der Waals surface area contributed by atoms with E-state index in [4.69, 9.17) is 0 Å². The van der Waals surface area contributed by atoms with Crippen LogP contribution in [-0.2, 0) is 6.42 Å². The van der Waals surface area contributed by atoms with Gasteiger partial charge in [0, 0.05) is 11.1 Å². The van der Waals surface area contributed by atoms with E-state index in [1.54, 1.807) is 23.6 Å². The van der Waals surface area contributed by atoms with E-state index in [1.165, 1.54) is 29.5 Å². The average Bonchev–Trinajstić information content (AvgIpc) is 3.24. The molecule has 0 fully saturated rings. The predicted molar refractivity (Wildman–Crippen MR) is 94.8 cm³/mol. The summed E-state index contributed by atoms with van der Waals surface area (Å²) in [6.07, 6.45) is 0.326. The number of thiophene rings is 1. The molecule has 3 aromatic rings. The molecule has 1 aromatic heterocycles. The van der Waals surface area contributed by atoms with Crippen molar-refractivity contribution in [1.82, 2.24) is 0 Å². The molecule has 0 saturated carbocycles. The number of phenolic OH excluding ortho intramolecular Hbond substituents is 2. The summed E-state index contributed by atoms with van der Waals surface area (Å²) < 4.78 is 28.6. The van der Waals surface area contributed by atoms with Crippen LogP contribution in [0.5, 0.6) is 11.5 Å². The number of allylic oxidation sites excluding steroid dienone is 1. The van der Waals surface area contributed by atoms with E-state index in [1.807, 2.05) is 0 Å². The topological polar surface area (TPSA) is 64.2 Å². The molecule has 26 heavy (non-hydrogen) atoms. The molecule has 1 aliphatic carbocycles. The summed E-state index contributed by atoms with van der Waals surface area (Å²) in [6.45, 7) is 0. The Morgan fingerprint density at radius 1 is 1.04 bits per heavy atom. The fourth-order valence-corrected chi connectivity index (χ4v) is 3.97. The van der Waals surface area contributed by atoms with Crippen LogP contribution in [0.15, 0.2) is 41.8 Å². The molecular formula is C20H11F2NO2S. The Morgan fingerprint density at radius 3 is 2.54 bits per heavy atom. The van der Waals surface area contributed by atoms with Crippen LogP contribution in [0.1, 0.15) is 27.1 Å². The highest BCUT2D eigenvalue weighted by molar-refractivity contribution is 7.10. The first-order valence-corrected chi connectivity index (χ1v) is 8.60. The zero-order valence-electron chi connectivity index (χ0n) is 13.3. The number of fused-ring (bicyclic) bond motifs is 1. The summed E-state index contributed by atoms with van der Waals surface area (Å²) in [4.78, 5) is 0.410. The lowest BCUT2D eigenvalue weighted by Crippen LogP contribution is -1.94. The number of nitrogens with zero attached hydrogens (tertiary/aromatic N) is 1. The van der Waals surface area contributed by atoms with Crippen molar-refractivity contribution in [3.05, 3.63) is 80.5 Å². The summed E-state index contributed by atoms with van der Waals surface area (Å²) in [7, 11) is 0. The maximum Gasteiger partial charge on any atom is 0.172 e. The van der Waals surface area contributed by atoms with Crippen molar-refractivity contribution in [2.75, 3.05) is 0 Å². The second-order valence-electron chi connectivity index (χ2n) is 5.90. The Morgan fingerprint density at radius 2 is 1.81 bits per heavy atom. The molecule has 0 bridgehead atoms. The van der Waals surface area contributed by atoms with Gasteiger partial charge >= 0.3 is 0 Å². The third-order valence-electron chi connectivity index (χ3n) is 4.46. The molecule has 1 aliphatic rings. The fourth-order valence-electron chi connectivity index (χ4n) is 3.28. The van der Waals surface area contributed by atoms with Gasteiger partial charge in [-0.05, 0) is 58.3 Å². The third kappa shape index (κ3) is 2.37. The second-order valence-corrected chi connectivity index (χ2v) is 6.82. The maximum absolute atomic E-state index is 14.7. The highest BCUT2D eigenvalue weighted by Crippen LogP contribution is 2.46. The highest BCUT2D eigenvalue weighted by Gasteiger charge is 2.30. The molecule has 2 N–H and O–H groups in total. The van der Waals surface area contributed by atoms with Gasteiger partial charge in [-0.3, -0.25) is 0 Å². The fraction of sp³-hybridized carbons (Fsp3) is 0.0500. The second kappa shape index (κ2) is 5.97. The molecule has 0 unspecified atom stereocenters. The quantitative estimate of drug-likeness (QED) is 0.682. The van der Waals surface area contributed by atoms with Crippen molar-refractivity contribution in [2.45, 2.75) is 6.42 Å². The highest BCUT2D eigenvalue weighted by atomic mass is 32.1. The van der Waals surface area contributed by atoms with E-state index in [0.717, 1.165) is 0 Å². The van der Waals surface area contributed by atoms with Crippen molar-refractivity contribution in [3.8, 4) is 17.6 Å². The minimum Gasteiger partial charge on any atom is -0.505 e. The average molecular weight is 367 g/mol. The molecule has 0 radical (unpaired) electrons. The van der Waals surface area contributed by atoms with Gasteiger partial charge in [0.05, 0.1) is 0 Å². The van der Waals surface area contributed by atoms with Gasteiger partial charge in [-0.15, -0.1) is 11.3 Å². The molecule has 0 aliphatic heterocycles. The van der Waals surface area contributed by atoms with Gasteiger partial charge in [0.2, 0.25) is 0 Å². The number of rotatable bonds is 2. The monoisotopic (exact) mass is 367 g/mol. The number of halogens is 2. The van der Waals surface area contributed by atoms with Crippen LogP contribution >= 0.6 is 11.3 Å².